The van der Waals surface area contributed by atoms with Gasteiger partial charge in [0.05, 0.1) is 11.5 Å². The molecule has 0 aromatic heterocycles. The Morgan fingerprint density at radius 3 is 2.58 bits per heavy atom. The summed E-state index contributed by atoms with van der Waals surface area (Å²) in [7, 11) is -3.49. The standard InChI is InChI=1S/C14H21NO3S/c1-3-14(7-8-14)10-15-19(17,18)13-6-4-5-12(9-16)11(13)2/h4-6,15-16H,3,7-10H2,1-2H3. The highest BCUT2D eigenvalue weighted by Crippen LogP contribution is 2.48. The van der Waals surface area contributed by atoms with Crippen molar-refractivity contribution in [3.05, 3.63) is 29.3 Å². The van der Waals surface area contributed by atoms with Gasteiger partial charge in [0.2, 0.25) is 10.0 Å². The lowest BCUT2D eigenvalue weighted by Gasteiger charge is -2.15. The van der Waals surface area contributed by atoms with E-state index in [1.807, 2.05) is 0 Å². The van der Waals surface area contributed by atoms with E-state index in [-0.39, 0.29) is 16.9 Å². The molecule has 2 N–H and O–H groups in total. The highest BCUT2D eigenvalue weighted by Gasteiger charge is 2.41. The molecule has 1 aromatic carbocycles. The van der Waals surface area contributed by atoms with E-state index < -0.39 is 10.0 Å². The Morgan fingerprint density at radius 1 is 1.37 bits per heavy atom. The third-order valence-electron chi connectivity index (χ3n) is 4.20. The normalized spacial score (nSPS) is 17.4. The summed E-state index contributed by atoms with van der Waals surface area (Å²) in [5.74, 6) is 0. The van der Waals surface area contributed by atoms with Crippen molar-refractivity contribution in [3.63, 3.8) is 0 Å². The molecule has 1 aliphatic carbocycles. The Balaban J connectivity index is 2.20. The van der Waals surface area contributed by atoms with Crippen molar-refractivity contribution < 1.29 is 13.5 Å². The number of hydrogen-bond donors (Lipinski definition) is 2. The number of aliphatic hydroxyl groups excluding tert-OH is 1. The maximum absolute atomic E-state index is 12.3. The first kappa shape index (κ1) is 14.5. The van der Waals surface area contributed by atoms with E-state index >= 15 is 0 Å². The van der Waals surface area contributed by atoms with E-state index in [1.54, 1.807) is 25.1 Å². The van der Waals surface area contributed by atoms with Crippen LogP contribution in [-0.4, -0.2) is 20.1 Å². The van der Waals surface area contributed by atoms with E-state index in [0.717, 1.165) is 19.3 Å². The van der Waals surface area contributed by atoms with Gasteiger partial charge in [-0.25, -0.2) is 13.1 Å². The second kappa shape index (κ2) is 5.23. The van der Waals surface area contributed by atoms with E-state index in [2.05, 4.69) is 11.6 Å². The number of nitrogens with one attached hydrogen (secondary N) is 1. The maximum atomic E-state index is 12.3. The Hall–Kier alpha value is -0.910. The van der Waals surface area contributed by atoms with Crippen LogP contribution in [0.25, 0.3) is 0 Å². The summed E-state index contributed by atoms with van der Waals surface area (Å²) in [5, 5.41) is 9.20. The number of hydrogen-bond acceptors (Lipinski definition) is 3. The molecule has 0 aliphatic heterocycles. The van der Waals surface area contributed by atoms with Crippen LogP contribution >= 0.6 is 0 Å². The third kappa shape index (κ3) is 2.99. The molecule has 4 nitrogen and oxygen atoms in total. The highest BCUT2D eigenvalue weighted by molar-refractivity contribution is 7.89. The van der Waals surface area contributed by atoms with Gasteiger partial charge in [0.1, 0.15) is 0 Å². The largest absolute Gasteiger partial charge is 0.392 e. The lowest BCUT2D eigenvalue weighted by molar-refractivity contribution is 0.280. The van der Waals surface area contributed by atoms with Crippen molar-refractivity contribution in [3.8, 4) is 0 Å². The molecule has 1 fully saturated rings. The predicted octanol–water partition coefficient (Wildman–Crippen LogP) is 1.96. The zero-order valence-electron chi connectivity index (χ0n) is 11.4. The molecule has 2 rings (SSSR count). The van der Waals surface area contributed by atoms with Crippen molar-refractivity contribution in [2.45, 2.75) is 44.6 Å². The average molecular weight is 283 g/mol. The zero-order chi connectivity index (χ0) is 14.1. The topological polar surface area (TPSA) is 66.4 Å². The van der Waals surface area contributed by atoms with Crippen LogP contribution in [-0.2, 0) is 16.6 Å². The summed E-state index contributed by atoms with van der Waals surface area (Å²) in [5.41, 5.74) is 1.45. The van der Waals surface area contributed by atoms with Crippen LogP contribution in [0, 0.1) is 12.3 Å². The molecule has 0 amide bonds. The highest BCUT2D eigenvalue weighted by atomic mass is 32.2. The number of benzene rings is 1. The predicted molar refractivity (Wildman–Crippen MR) is 74.2 cm³/mol. The lowest BCUT2D eigenvalue weighted by Crippen LogP contribution is -2.30. The summed E-state index contributed by atoms with van der Waals surface area (Å²) in [6.07, 6.45) is 3.20. The molecule has 19 heavy (non-hydrogen) atoms. The molecule has 0 radical (unpaired) electrons. The van der Waals surface area contributed by atoms with Gasteiger partial charge in [-0.3, -0.25) is 0 Å². The molecule has 5 heteroatoms. The van der Waals surface area contributed by atoms with Crippen molar-refractivity contribution in [1.82, 2.24) is 4.72 Å². The van der Waals surface area contributed by atoms with E-state index in [4.69, 9.17) is 0 Å². The van der Waals surface area contributed by atoms with Gasteiger partial charge in [-0.2, -0.15) is 0 Å². The van der Waals surface area contributed by atoms with Gasteiger partial charge in [0, 0.05) is 6.54 Å². The minimum absolute atomic E-state index is 0.145. The Morgan fingerprint density at radius 2 is 2.05 bits per heavy atom. The van der Waals surface area contributed by atoms with Crippen LogP contribution in [0.15, 0.2) is 23.1 Å². The molecule has 0 heterocycles. The Bertz CT molecular complexity index is 562. The first-order valence-electron chi connectivity index (χ1n) is 6.63. The van der Waals surface area contributed by atoms with Crippen LogP contribution in [0.5, 0.6) is 0 Å². The van der Waals surface area contributed by atoms with Crippen molar-refractivity contribution in [2.75, 3.05) is 6.54 Å². The molecule has 0 spiro atoms. The second-order valence-electron chi connectivity index (χ2n) is 5.38. The van der Waals surface area contributed by atoms with Gasteiger partial charge in [0.25, 0.3) is 0 Å². The Labute approximate surface area is 114 Å². The summed E-state index contributed by atoms with van der Waals surface area (Å²) >= 11 is 0. The minimum atomic E-state index is -3.49. The molecule has 1 saturated carbocycles. The molecular weight excluding hydrogens is 262 g/mol. The zero-order valence-corrected chi connectivity index (χ0v) is 12.3. The van der Waals surface area contributed by atoms with Crippen molar-refractivity contribution >= 4 is 10.0 Å². The lowest BCUT2D eigenvalue weighted by atomic mass is 10.1. The summed E-state index contributed by atoms with van der Waals surface area (Å²) in [6, 6.07) is 4.99. The molecule has 0 atom stereocenters. The van der Waals surface area contributed by atoms with E-state index in [0.29, 0.717) is 17.7 Å². The average Bonchev–Trinajstić information content (AvgIpc) is 3.17. The first-order chi connectivity index (χ1) is 8.94. The fourth-order valence-electron chi connectivity index (χ4n) is 2.28. The van der Waals surface area contributed by atoms with Crippen LogP contribution in [0.3, 0.4) is 0 Å². The van der Waals surface area contributed by atoms with Gasteiger partial charge in [-0.05, 0) is 48.8 Å². The first-order valence-corrected chi connectivity index (χ1v) is 8.11. The minimum Gasteiger partial charge on any atom is -0.392 e. The SMILES string of the molecule is CCC1(CNS(=O)(=O)c2cccc(CO)c2C)CC1. The van der Waals surface area contributed by atoms with Gasteiger partial charge in [-0.15, -0.1) is 0 Å². The molecule has 1 aromatic rings. The van der Waals surface area contributed by atoms with Crippen LogP contribution in [0.1, 0.15) is 37.3 Å². The Kier molecular flexibility index (Phi) is 3.99. The van der Waals surface area contributed by atoms with E-state index in [9.17, 15) is 13.5 Å². The molecule has 106 valence electrons. The molecule has 0 saturated heterocycles. The second-order valence-corrected chi connectivity index (χ2v) is 7.11. The van der Waals surface area contributed by atoms with Crippen molar-refractivity contribution in [1.29, 1.82) is 0 Å². The number of sulfonamides is 1. The summed E-state index contributed by atoms with van der Waals surface area (Å²) < 4.78 is 27.3. The number of rotatable bonds is 6. The number of aliphatic hydroxyl groups is 1. The van der Waals surface area contributed by atoms with E-state index in [1.165, 1.54) is 0 Å². The maximum Gasteiger partial charge on any atom is 0.240 e. The summed E-state index contributed by atoms with van der Waals surface area (Å²) in [6.45, 7) is 4.19. The molecular formula is C14H21NO3S. The van der Waals surface area contributed by atoms with Gasteiger partial charge in [0.15, 0.2) is 0 Å². The monoisotopic (exact) mass is 283 g/mol. The molecule has 0 unspecified atom stereocenters. The van der Waals surface area contributed by atoms with Gasteiger partial charge in [-0.1, -0.05) is 19.1 Å². The summed E-state index contributed by atoms with van der Waals surface area (Å²) in [4.78, 5) is 0.269. The third-order valence-corrected chi connectivity index (χ3v) is 5.75. The van der Waals surface area contributed by atoms with Crippen LogP contribution in [0.4, 0.5) is 0 Å². The molecule has 0 bridgehead atoms. The van der Waals surface area contributed by atoms with Crippen LogP contribution in [0.2, 0.25) is 0 Å². The quantitative estimate of drug-likeness (QED) is 0.838. The fourth-order valence-corrected chi connectivity index (χ4v) is 3.72. The van der Waals surface area contributed by atoms with Gasteiger partial charge >= 0.3 is 0 Å². The van der Waals surface area contributed by atoms with Crippen LogP contribution < -0.4 is 4.72 Å². The smallest absolute Gasteiger partial charge is 0.240 e. The fraction of sp³-hybridized carbons (Fsp3) is 0.571. The molecule has 1 aliphatic rings. The van der Waals surface area contributed by atoms with Crippen molar-refractivity contribution in [2.24, 2.45) is 5.41 Å². The van der Waals surface area contributed by atoms with Gasteiger partial charge < -0.3 is 5.11 Å².